The van der Waals surface area contributed by atoms with Crippen molar-refractivity contribution in [1.29, 1.82) is 0 Å². The standard InChI is InChI=1S/C19H26O15/c20-3-9-12(26)13(27)14(28)18(31-9)34-19(5-22)16(29)15(10(4-21)33-19)32-17(30)6-1-7(23)11(25)8(24)2-6/h1-2,9-10,12-16,18,20-29H,3-5H2. The van der Waals surface area contributed by atoms with Crippen molar-refractivity contribution in [3.8, 4) is 17.2 Å². The molecule has 0 saturated carbocycles. The predicted molar refractivity (Wildman–Crippen MR) is 103 cm³/mol. The first kappa shape index (κ1) is 26.3. The maximum atomic E-state index is 12.5. The van der Waals surface area contributed by atoms with Gasteiger partial charge in [0.15, 0.2) is 29.6 Å². The molecule has 192 valence electrons. The van der Waals surface area contributed by atoms with Crippen LogP contribution < -0.4 is 0 Å². The fraction of sp³-hybridized carbons (Fsp3) is 0.632. The van der Waals surface area contributed by atoms with Crippen LogP contribution in [0.3, 0.4) is 0 Å². The Labute approximate surface area is 191 Å². The van der Waals surface area contributed by atoms with Crippen LogP contribution in [0.5, 0.6) is 17.2 Å². The molecule has 1 aromatic rings. The van der Waals surface area contributed by atoms with Crippen LogP contribution in [0.1, 0.15) is 10.4 Å². The molecule has 3 rings (SSSR count). The van der Waals surface area contributed by atoms with Crippen LogP contribution in [-0.4, -0.2) is 132 Å². The van der Waals surface area contributed by atoms with E-state index in [1.165, 1.54) is 0 Å². The third-order valence-electron chi connectivity index (χ3n) is 5.59. The molecule has 15 nitrogen and oxygen atoms in total. The maximum absolute atomic E-state index is 12.5. The Bertz CT molecular complexity index is 854. The van der Waals surface area contributed by atoms with Gasteiger partial charge in [0.2, 0.25) is 5.79 Å². The Morgan fingerprint density at radius 3 is 2.03 bits per heavy atom. The lowest BCUT2D eigenvalue weighted by Crippen LogP contribution is -2.62. The van der Waals surface area contributed by atoms with E-state index in [0.717, 1.165) is 12.1 Å². The largest absolute Gasteiger partial charge is 0.504 e. The summed E-state index contributed by atoms with van der Waals surface area (Å²) in [5.74, 6) is -6.28. The number of carbonyl (C=O) groups is 1. The van der Waals surface area contributed by atoms with Crippen molar-refractivity contribution < 1.29 is 74.8 Å². The van der Waals surface area contributed by atoms with Gasteiger partial charge in [-0.1, -0.05) is 0 Å². The number of hydrogen-bond acceptors (Lipinski definition) is 15. The number of esters is 1. The zero-order valence-electron chi connectivity index (χ0n) is 17.4. The lowest BCUT2D eigenvalue weighted by Gasteiger charge is -2.43. The molecule has 0 radical (unpaired) electrons. The Balaban J connectivity index is 1.82. The zero-order chi connectivity index (χ0) is 25.4. The molecule has 0 aliphatic carbocycles. The smallest absolute Gasteiger partial charge is 0.338 e. The Morgan fingerprint density at radius 2 is 1.50 bits per heavy atom. The number of ether oxygens (including phenoxy) is 4. The van der Waals surface area contributed by atoms with Gasteiger partial charge in [-0.2, -0.15) is 0 Å². The number of benzene rings is 1. The van der Waals surface area contributed by atoms with Gasteiger partial charge in [0, 0.05) is 0 Å². The summed E-state index contributed by atoms with van der Waals surface area (Å²) >= 11 is 0. The van der Waals surface area contributed by atoms with E-state index in [-0.39, 0.29) is 0 Å². The number of carbonyl (C=O) groups excluding carboxylic acids is 1. The molecular weight excluding hydrogens is 468 g/mol. The highest BCUT2D eigenvalue weighted by atomic mass is 16.8. The molecule has 0 spiro atoms. The van der Waals surface area contributed by atoms with E-state index in [0.29, 0.717) is 0 Å². The predicted octanol–water partition coefficient (Wildman–Crippen LogP) is -4.41. The number of rotatable bonds is 7. The van der Waals surface area contributed by atoms with E-state index in [2.05, 4.69) is 0 Å². The summed E-state index contributed by atoms with van der Waals surface area (Å²) in [6.07, 6.45) is -13.9. The van der Waals surface area contributed by atoms with Crippen molar-refractivity contribution in [3.63, 3.8) is 0 Å². The zero-order valence-corrected chi connectivity index (χ0v) is 17.4. The third-order valence-corrected chi connectivity index (χ3v) is 5.59. The van der Waals surface area contributed by atoms with E-state index >= 15 is 0 Å². The van der Waals surface area contributed by atoms with Gasteiger partial charge in [-0.15, -0.1) is 0 Å². The highest BCUT2D eigenvalue weighted by Gasteiger charge is 2.60. The summed E-state index contributed by atoms with van der Waals surface area (Å²) in [5.41, 5.74) is -0.451. The van der Waals surface area contributed by atoms with Crippen LogP contribution in [0.2, 0.25) is 0 Å². The van der Waals surface area contributed by atoms with E-state index in [9.17, 15) is 55.9 Å². The lowest BCUT2D eigenvalue weighted by molar-refractivity contribution is -0.383. The van der Waals surface area contributed by atoms with Crippen LogP contribution in [0.15, 0.2) is 12.1 Å². The van der Waals surface area contributed by atoms with E-state index in [1.54, 1.807) is 0 Å². The fourth-order valence-electron chi connectivity index (χ4n) is 3.67. The molecule has 9 unspecified atom stereocenters. The van der Waals surface area contributed by atoms with Gasteiger partial charge in [-0.25, -0.2) is 4.79 Å². The minimum absolute atomic E-state index is 0.451. The van der Waals surface area contributed by atoms with E-state index < -0.39 is 103 Å². The second kappa shape index (κ2) is 10.1. The molecule has 2 heterocycles. The molecular formula is C19H26O15. The summed E-state index contributed by atoms with van der Waals surface area (Å²) in [7, 11) is 0. The molecule has 0 amide bonds. The van der Waals surface area contributed by atoms with Gasteiger partial charge in [-0.05, 0) is 12.1 Å². The highest BCUT2D eigenvalue weighted by molar-refractivity contribution is 5.91. The molecule has 0 bridgehead atoms. The molecule has 2 aliphatic rings. The average Bonchev–Trinajstić information content (AvgIpc) is 3.08. The van der Waals surface area contributed by atoms with Gasteiger partial charge < -0.3 is 70.0 Å². The van der Waals surface area contributed by atoms with Gasteiger partial charge in [0.1, 0.15) is 43.2 Å². The normalized spacial score (nSPS) is 38.1. The second-order valence-corrected chi connectivity index (χ2v) is 7.80. The molecule has 2 saturated heterocycles. The number of phenols is 3. The first-order valence-corrected chi connectivity index (χ1v) is 10.0. The summed E-state index contributed by atoms with van der Waals surface area (Å²) in [4.78, 5) is 12.5. The SMILES string of the molecule is O=C(OC1C(CO)OC(CO)(OC2OC(CO)C(O)C(O)C2O)C1O)c1cc(O)c(O)c(O)c1. The van der Waals surface area contributed by atoms with E-state index in [4.69, 9.17) is 18.9 Å². The first-order chi connectivity index (χ1) is 16.0. The van der Waals surface area contributed by atoms with Crippen LogP contribution >= 0.6 is 0 Å². The molecule has 1 aromatic carbocycles. The van der Waals surface area contributed by atoms with Gasteiger partial charge in [0.25, 0.3) is 0 Å². The molecule has 15 heteroatoms. The number of aromatic hydroxyl groups is 3. The number of aliphatic hydroxyl groups is 7. The summed E-state index contributed by atoms with van der Waals surface area (Å²) in [6.45, 7) is -2.78. The van der Waals surface area contributed by atoms with Gasteiger partial charge in [-0.3, -0.25) is 0 Å². The Kier molecular flexibility index (Phi) is 7.83. The minimum atomic E-state index is -2.47. The first-order valence-electron chi connectivity index (χ1n) is 10.0. The second-order valence-electron chi connectivity index (χ2n) is 7.80. The topological polar surface area (TPSA) is 256 Å². The van der Waals surface area contributed by atoms with Crippen molar-refractivity contribution in [1.82, 2.24) is 0 Å². The van der Waals surface area contributed by atoms with Crippen LogP contribution in [0.25, 0.3) is 0 Å². The maximum Gasteiger partial charge on any atom is 0.338 e. The van der Waals surface area contributed by atoms with Crippen LogP contribution in [0, 0.1) is 0 Å². The van der Waals surface area contributed by atoms with Gasteiger partial charge in [0.05, 0.1) is 18.8 Å². The Morgan fingerprint density at radius 1 is 0.912 bits per heavy atom. The van der Waals surface area contributed by atoms with Crippen LogP contribution in [-0.2, 0) is 18.9 Å². The summed E-state index contributed by atoms with van der Waals surface area (Å²) in [6, 6.07) is 1.52. The summed E-state index contributed by atoms with van der Waals surface area (Å²) < 4.78 is 21.0. The number of hydrogen-bond donors (Lipinski definition) is 10. The average molecular weight is 494 g/mol. The number of aliphatic hydroxyl groups excluding tert-OH is 7. The van der Waals surface area contributed by atoms with Crippen molar-refractivity contribution in [2.75, 3.05) is 19.8 Å². The van der Waals surface area contributed by atoms with Crippen molar-refractivity contribution >= 4 is 5.97 Å². The van der Waals surface area contributed by atoms with Crippen LogP contribution in [0.4, 0.5) is 0 Å². The monoisotopic (exact) mass is 494 g/mol. The fourth-order valence-corrected chi connectivity index (χ4v) is 3.67. The molecule has 2 aliphatic heterocycles. The molecule has 10 N–H and O–H groups in total. The van der Waals surface area contributed by atoms with Crippen molar-refractivity contribution in [2.45, 2.75) is 54.8 Å². The molecule has 0 aromatic heterocycles. The van der Waals surface area contributed by atoms with Crippen molar-refractivity contribution in [2.24, 2.45) is 0 Å². The molecule has 9 atom stereocenters. The quantitative estimate of drug-likeness (QED) is 0.127. The Hall–Kier alpha value is -2.31. The van der Waals surface area contributed by atoms with E-state index in [1.807, 2.05) is 0 Å². The molecule has 34 heavy (non-hydrogen) atoms. The highest BCUT2D eigenvalue weighted by Crippen LogP contribution is 2.39. The van der Waals surface area contributed by atoms with Crippen molar-refractivity contribution in [3.05, 3.63) is 17.7 Å². The molecule has 2 fully saturated rings. The number of phenolic OH excluding ortho intramolecular Hbond substituents is 3. The summed E-state index contributed by atoms with van der Waals surface area (Å²) in [5, 5.41) is 98.1. The third kappa shape index (κ3) is 4.63. The minimum Gasteiger partial charge on any atom is -0.504 e. The lowest BCUT2D eigenvalue weighted by atomic mass is 9.99. The van der Waals surface area contributed by atoms with Gasteiger partial charge >= 0.3 is 5.97 Å².